The highest BCUT2D eigenvalue weighted by atomic mass is 16.4. The number of hydrogen-bond donors (Lipinski definition) is 2. The van der Waals surface area contributed by atoms with E-state index in [0.29, 0.717) is 5.69 Å². The molecule has 0 saturated carbocycles. The van der Waals surface area contributed by atoms with Crippen molar-refractivity contribution in [2.75, 3.05) is 5.73 Å². The van der Waals surface area contributed by atoms with Gasteiger partial charge in [-0.15, -0.1) is 0 Å². The molecule has 74 valence electrons. The van der Waals surface area contributed by atoms with E-state index in [-0.39, 0.29) is 0 Å². The molecule has 1 aromatic rings. The molecule has 0 heterocycles. The van der Waals surface area contributed by atoms with Gasteiger partial charge >= 0.3 is 5.97 Å². The zero-order valence-corrected chi connectivity index (χ0v) is 8.24. The lowest BCUT2D eigenvalue weighted by molar-refractivity contribution is -0.131. The molecule has 0 aliphatic rings. The molecular weight excluding hydrogens is 178 g/mol. The fourth-order valence-corrected chi connectivity index (χ4v) is 1.43. The molecule has 3 nitrogen and oxygen atoms in total. The van der Waals surface area contributed by atoms with Gasteiger partial charge in [-0.25, -0.2) is 4.79 Å². The van der Waals surface area contributed by atoms with E-state index >= 15 is 0 Å². The highest BCUT2D eigenvalue weighted by Crippen LogP contribution is 2.19. The van der Waals surface area contributed by atoms with Gasteiger partial charge in [-0.05, 0) is 48.7 Å². The highest BCUT2D eigenvalue weighted by Gasteiger charge is 2.00. The fraction of sp³-hybridized carbons (Fsp3) is 0.182. The average Bonchev–Trinajstić information content (AvgIpc) is 2.01. The zero-order chi connectivity index (χ0) is 10.7. The van der Waals surface area contributed by atoms with E-state index in [1.165, 1.54) is 0 Å². The first-order valence-electron chi connectivity index (χ1n) is 4.28. The Bertz CT molecular complexity index is 371. The smallest absolute Gasteiger partial charge is 0.328 e. The van der Waals surface area contributed by atoms with Crippen molar-refractivity contribution in [2.24, 2.45) is 0 Å². The van der Waals surface area contributed by atoms with Crippen LogP contribution in [0.2, 0.25) is 0 Å². The molecule has 3 N–H and O–H groups in total. The minimum absolute atomic E-state index is 0.701. The third-order valence-electron chi connectivity index (χ3n) is 2.01. The van der Waals surface area contributed by atoms with E-state index in [1.807, 2.05) is 26.0 Å². The standard InChI is InChI=1S/C11H13NO2/c1-7-5-9(12)6-8(2)10(7)3-4-11(13)14/h3-6H,12H2,1-2H3,(H,13,14). The van der Waals surface area contributed by atoms with Gasteiger partial charge in [0, 0.05) is 11.8 Å². The number of aryl methyl sites for hydroxylation is 2. The van der Waals surface area contributed by atoms with Crippen molar-refractivity contribution in [1.82, 2.24) is 0 Å². The zero-order valence-electron chi connectivity index (χ0n) is 8.24. The Morgan fingerprint density at radius 2 is 1.86 bits per heavy atom. The van der Waals surface area contributed by atoms with Gasteiger partial charge in [0.05, 0.1) is 0 Å². The van der Waals surface area contributed by atoms with Crippen molar-refractivity contribution in [3.63, 3.8) is 0 Å². The van der Waals surface area contributed by atoms with E-state index in [0.717, 1.165) is 22.8 Å². The quantitative estimate of drug-likeness (QED) is 0.555. The molecule has 0 aliphatic carbocycles. The fourth-order valence-electron chi connectivity index (χ4n) is 1.43. The molecule has 0 spiro atoms. The maximum absolute atomic E-state index is 10.4. The minimum Gasteiger partial charge on any atom is -0.478 e. The largest absolute Gasteiger partial charge is 0.478 e. The molecule has 0 atom stereocenters. The summed E-state index contributed by atoms with van der Waals surface area (Å²) in [5.41, 5.74) is 9.24. The molecule has 0 fully saturated rings. The Labute approximate surface area is 82.9 Å². The van der Waals surface area contributed by atoms with Gasteiger partial charge in [-0.1, -0.05) is 0 Å². The lowest BCUT2D eigenvalue weighted by Gasteiger charge is -2.06. The molecule has 3 heteroatoms. The van der Waals surface area contributed by atoms with Crippen LogP contribution in [0.15, 0.2) is 18.2 Å². The Morgan fingerprint density at radius 1 is 1.36 bits per heavy atom. The van der Waals surface area contributed by atoms with Crippen LogP contribution in [0.3, 0.4) is 0 Å². The summed E-state index contributed by atoms with van der Waals surface area (Å²) < 4.78 is 0. The summed E-state index contributed by atoms with van der Waals surface area (Å²) in [6.07, 6.45) is 2.72. The summed E-state index contributed by atoms with van der Waals surface area (Å²) in [4.78, 5) is 10.4. The van der Waals surface area contributed by atoms with Crippen molar-refractivity contribution < 1.29 is 9.90 Å². The Kier molecular flexibility index (Phi) is 2.92. The molecular formula is C11H13NO2. The third-order valence-corrected chi connectivity index (χ3v) is 2.01. The second kappa shape index (κ2) is 3.96. The predicted octanol–water partition coefficient (Wildman–Crippen LogP) is 1.98. The van der Waals surface area contributed by atoms with E-state index in [9.17, 15) is 4.79 Å². The van der Waals surface area contributed by atoms with Crippen molar-refractivity contribution in [2.45, 2.75) is 13.8 Å². The van der Waals surface area contributed by atoms with Crippen LogP contribution in [0.25, 0.3) is 6.08 Å². The Hall–Kier alpha value is -1.77. The van der Waals surface area contributed by atoms with Gasteiger partial charge in [-0.2, -0.15) is 0 Å². The summed E-state index contributed by atoms with van der Waals surface area (Å²) in [5, 5.41) is 8.50. The SMILES string of the molecule is Cc1cc(N)cc(C)c1C=CC(=O)O. The van der Waals surface area contributed by atoms with Crippen LogP contribution in [0.1, 0.15) is 16.7 Å². The number of carboxylic acids is 1. The van der Waals surface area contributed by atoms with E-state index in [1.54, 1.807) is 6.08 Å². The van der Waals surface area contributed by atoms with Crippen LogP contribution >= 0.6 is 0 Å². The monoisotopic (exact) mass is 191 g/mol. The lowest BCUT2D eigenvalue weighted by atomic mass is 10.0. The number of carbonyl (C=O) groups is 1. The third kappa shape index (κ3) is 2.36. The molecule has 0 amide bonds. The number of carboxylic acid groups (broad SMARTS) is 1. The summed E-state index contributed by atoms with van der Waals surface area (Å²) in [5.74, 6) is -0.944. The van der Waals surface area contributed by atoms with Gasteiger partial charge < -0.3 is 10.8 Å². The Balaban J connectivity index is 3.15. The summed E-state index contributed by atoms with van der Waals surface area (Å²) >= 11 is 0. The van der Waals surface area contributed by atoms with Crippen molar-refractivity contribution in [3.8, 4) is 0 Å². The topological polar surface area (TPSA) is 63.3 Å². The van der Waals surface area contributed by atoms with E-state index in [2.05, 4.69) is 0 Å². The van der Waals surface area contributed by atoms with Gasteiger partial charge in [0.2, 0.25) is 0 Å². The van der Waals surface area contributed by atoms with Gasteiger partial charge in [0.15, 0.2) is 0 Å². The number of benzene rings is 1. The average molecular weight is 191 g/mol. The minimum atomic E-state index is -0.944. The highest BCUT2D eigenvalue weighted by molar-refractivity contribution is 5.86. The van der Waals surface area contributed by atoms with Gasteiger partial charge in [-0.3, -0.25) is 0 Å². The van der Waals surface area contributed by atoms with E-state index < -0.39 is 5.97 Å². The number of aliphatic carboxylic acids is 1. The molecule has 0 saturated heterocycles. The van der Waals surface area contributed by atoms with Crippen LogP contribution in [-0.4, -0.2) is 11.1 Å². The van der Waals surface area contributed by atoms with Crippen LogP contribution in [0, 0.1) is 13.8 Å². The predicted molar refractivity (Wildman–Crippen MR) is 57.0 cm³/mol. The van der Waals surface area contributed by atoms with Crippen molar-refractivity contribution >= 4 is 17.7 Å². The summed E-state index contributed by atoms with van der Waals surface area (Å²) in [6.45, 7) is 3.82. The second-order valence-electron chi connectivity index (χ2n) is 3.24. The van der Waals surface area contributed by atoms with Gasteiger partial charge in [0.1, 0.15) is 0 Å². The van der Waals surface area contributed by atoms with Crippen molar-refractivity contribution in [1.29, 1.82) is 0 Å². The normalized spacial score (nSPS) is 10.7. The van der Waals surface area contributed by atoms with Crippen LogP contribution in [-0.2, 0) is 4.79 Å². The molecule has 1 rings (SSSR count). The summed E-state index contributed by atoms with van der Waals surface area (Å²) in [6, 6.07) is 3.66. The second-order valence-corrected chi connectivity index (χ2v) is 3.24. The number of hydrogen-bond acceptors (Lipinski definition) is 2. The number of nitrogen functional groups attached to an aromatic ring is 1. The first kappa shape index (κ1) is 10.3. The molecule has 0 radical (unpaired) electrons. The summed E-state index contributed by atoms with van der Waals surface area (Å²) in [7, 11) is 0. The maximum Gasteiger partial charge on any atom is 0.328 e. The number of nitrogens with two attached hydrogens (primary N) is 1. The van der Waals surface area contributed by atoms with Crippen molar-refractivity contribution in [3.05, 3.63) is 34.9 Å². The maximum atomic E-state index is 10.4. The molecule has 0 bridgehead atoms. The molecule has 0 aliphatic heterocycles. The Morgan fingerprint density at radius 3 is 2.29 bits per heavy atom. The van der Waals surface area contributed by atoms with Crippen LogP contribution in [0.5, 0.6) is 0 Å². The number of rotatable bonds is 2. The first-order chi connectivity index (χ1) is 6.50. The molecule has 14 heavy (non-hydrogen) atoms. The van der Waals surface area contributed by atoms with Crippen LogP contribution < -0.4 is 5.73 Å². The number of anilines is 1. The lowest BCUT2D eigenvalue weighted by Crippen LogP contribution is -1.93. The molecule has 0 unspecified atom stereocenters. The van der Waals surface area contributed by atoms with E-state index in [4.69, 9.17) is 10.8 Å². The molecule has 0 aromatic heterocycles. The van der Waals surface area contributed by atoms with Crippen LogP contribution in [0.4, 0.5) is 5.69 Å². The molecule has 1 aromatic carbocycles. The van der Waals surface area contributed by atoms with Gasteiger partial charge in [0.25, 0.3) is 0 Å². The first-order valence-corrected chi connectivity index (χ1v) is 4.28.